The van der Waals surface area contributed by atoms with E-state index in [9.17, 15) is 4.79 Å². The fourth-order valence-electron chi connectivity index (χ4n) is 1.88. The van der Waals surface area contributed by atoms with Gasteiger partial charge in [-0.2, -0.15) is 5.10 Å². The topological polar surface area (TPSA) is 65.4 Å². The van der Waals surface area contributed by atoms with Crippen LogP contribution in [-0.2, 0) is 11.8 Å². The van der Waals surface area contributed by atoms with Gasteiger partial charge in [-0.15, -0.1) is 0 Å². The molecule has 0 bridgehead atoms. The summed E-state index contributed by atoms with van der Waals surface area (Å²) >= 11 is 0. The van der Waals surface area contributed by atoms with E-state index in [1.165, 1.54) is 0 Å². The van der Waals surface area contributed by atoms with E-state index in [4.69, 9.17) is 9.47 Å². The third-order valence-corrected chi connectivity index (χ3v) is 2.79. The average molecular weight is 289 g/mol. The Labute approximate surface area is 123 Å². The third kappa shape index (κ3) is 4.32. The number of aromatic nitrogens is 2. The molecule has 6 heteroatoms. The van der Waals surface area contributed by atoms with Crippen molar-refractivity contribution in [3.05, 3.63) is 42.1 Å². The minimum absolute atomic E-state index is 0.0795. The van der Waals surface area contributed by atoms with Gasteiger partial charge in [0.15, 0.2) is 5.82 Å². The lowest BCUT2D eigenvalue weighted by atomic mass is 10.2. The number of amides is 1. The predicted molar refractivity (Wildman–Crippen MR) is 79.6 cm³/mol. The molecule has 0 unspecified atom stereocenters. The van der Waals surface area contributed by atoms with Gasteiger partial charge in [-0.25, -0.2) is 0 Å². The van der Waals surface area contributed by atoms with E-state index >= 15 is 0 Å². The molecule has 2 aromatic rings. The Balaban J connectivity index is 2.04. The molecule has 1 N–H and O–H groups in total. The number of nitrogens with zero attached hydrogens (tertiary/aromatic N) is 2. The van der Waals surface area contributed by atoms with Gasteiger partial charge in [0.25, 0.3) is 5.91 Å². The second kappa shape index (κ2) is 6.90. The zero-order chi connectivity index (χ0) is 15.2. The molecule has 2 rings (SSSR count). The van der Waals surface area contributed by atoms with Crippen molar-refractivity contribution in [2.45, 2.75) is 13.0 Å². The maximum Gasteiger partial charge on any atom is 0.256 e. The van der Waals surface area contributed by atoms with Gasteiger partial charge in [0.1, 0.15) is 11.9 Å². The maximum atomic E-state index is 12.1. The van der Waals surface area contributed by atoms with Crippen LogP contribution in [0.15, 0.2) is 36.5 Å². The zero-order valence-electron chi connectivity index (χ0n) is 12.4. The van der Waals surface area contributed by atoms with Crippen molar-refractivity contribution in [3.63, 3.8) is 0 Å². The summed E-state index contributed by atoms with van der Waals surface area (Å²) in [6.07, 6.45) is 1.69. The number of hydrogen-bond donors (Lipinski definition) is 1. The molecule has 0 aliphatic rings. The Morgan fingerprint density at radius 3 is 2.90 bits per heavy atom. The minimum atomic E-state index is -0.224. The van der Waals surface area contributed by atoms with Gasteiger partial charge in [0.05, 0.1) is 6.61 Å². The predicted octanol–water partition coefficient (Wildman–Crippen LogP) is 2.09. The van der Waals surface area contributed by atoms with Crippen LogP contribution in [0.25, 0.3) is 0 Å². The number of carbonyl (C=O) groups is 1. The molecule has 0 saturated carbocycles. The summed E-state index contributed by atoms with van der Waals surface area (Å²) in [6.45, 7) is 2.40. The molecule has 0 radical (unpaired) electrons. The van der Waals surface area contributed by atoms with Crippen molar-refractivity contribution >= 4 is 11.7 Å². The second-order valence-corrected chi connectivity index (χ2v) is 4.74. The van der Waals surface area contributed by atoms with Gasteiger partial charge in [-0.3, -0.25) is 9.48 Å². The van der Waals surface area contributed by atoms with Crippen LogP contribution in [0.1, 0.15) is 17.3 Å². The van der Waals surface area contributed by atoms with E-state index in [0.29, 0.717) is 23.7 Å². The molecule has 0 spiro atoms. The average Bonchev–Trinajstić information content (AvgIpc) is 2.84. The molecule has 112 valence electrons. The zero-order valence-corrected chi connectivity index (χ0v) is 12.4. The summed E-state index contributed by atoms with van der Waals surface area (Å²) in [5.74, 6) is 0.924. The van der Waals surface area contributed by atoms with Gasteiger partial charge in [-0.1, -0.05) is 6.07 Å². The highest BCUT2D eigenvalue weighted by molar-refractivity contribution is 6.03. The van der Waals surface area contributed by atoms with Crippen LogP contribution in [0.4, 0.5) is 5.82 Å². The highest BCUT2D eigenvalue weighted by Gasteiger charge is 2.10. The number of anilines is 1. The van der Waals surface area contributed by atoms with Crippen LogP contribution in [0.2, 0.25) is 0 Å². The Morgan fingerprint density at radius 1 is 1.43 bits per heavy atom. The molecule has 21 heavy (non-hydrogen) atoms. The first-order chi connectivity index (χ1) is 10.1. The van der Waals surface area contributed by atoms with Gasteiger partial charge in [-0.05, 0) is 25.1 Å². The van der Waals surface area contributed by atoms with E-state index in [-0.39, 0.29) is 12.0 Å². The lowest BCUT2D eigenvalue weighted by molar-refractivity contribution is 0.0917. The van der Waals surface area contributed by atoms with E-state index in [0.717, 1.165) is 0 Å². The van der Waals surface area contributed by atoms with E-state index in [1.807, 2.05) is 13.0 Å². The van der Waals surface area contributed by atoms with E-state index in [2.05, 4.69) is 10.4 Å². The number of hydrogen-bond acceptors (Lipinski definition) is 4. The number of ether oxygens (including phenoxy) is 2. The summed E-state index contributed by atoms with van der Waals surface area (Å²) in [6, 6.07) is 8.75. The third-order valence-electron chi connectivity index (χ3n) is 2.79. The quantitative estimate of drug-likeness (QED) is 0.884. The first-order valence-corrected chi connectivity index (χ1v) is 6.65. The van der Waals surface area contributed by atoms with Gasteiger partial charge in [0, 0.05) is 32.0 Å². The Kier molecular flexibility index (Phi) is 4.94. The lowest BCUT2D eigenvalue weighted by Crippen LogP contribution is -2.18. The lowest BCUT2D eigenvalue weighted by Gasteiger charge is -2.14. The molecule has 0 fully saturated rings. The molecule has 6 nitrogen and oxygen atoms in total. The molecule has 0 aliphatic carbocycles. The molecular weight excluding hydrogens is 270 g/mol. The molecule has 1 amide bonds. The van der Waals surface area contributed by atoms with Gasteiger partial charge >= 0.3 is 0 Å². The van der Waals surface area contributed by atoms with Crippen molar-refractivity contribution < 1.29 is 14.3 Å². The fraction of sp³-hybridized carbons (Fsp3) is 0.333. The van der Waals surface area contributed by atoms with Crippen LogP contribution in [0, 0.1) is 0 Å². The second-order valence-electron chi connectivity index (χ2n) is 4.74. The number of aryl methyl sites for hydroxylation is 1. The Bertz CT molecular complexity index is 610. The van der Waals surface area contributed by atoms with Crippen molar-refractivity contribution in [1.82, 2.24) is 9.78 Å². The number of benzene rings is 1. The first kappa shape index (κ1) is 15.1. The van der Waals surface area contributed by atoms with Crippen LogP contribution in [-0.4, -0.2) is 35.5 Å². The summed E-state index contributed by atoms with van der Waals surface area (Å²) in [5.41, 5.74) is 0.516. The number of nitrogens with one attached hydrogen (secondary N) is 1. The smallest absolute Gasteiger partial charge is 0.256 e. The highest BCUT2D eigenvalue weighted by Crippen LogP contribution is 2.16. The number of carbonyl (C=O) groups excluding carboxylic acids is 1. The Morgan fingerprint density at radius 2 is 2.24 bits per heavy atom. The molecule has 0 aliphatic heterocycles. The molecule has 1 heterocycles. The van der Waals surface area contributed by atoms with E-state index < -0.39 is 0 Å². The normalized spacial score (nSPS) is 12.0. The molecular formula is C15H19N3O3. The Hall–Kier alpha value is -2.34. The molecule has 0 saturated heterocycles. The van der Waals surface area contributed by atoms with Crippen molar-refractivity contribution in [3.8, 4) is 5.75 Å². The van der Waals surface area contributed by atoms with Crippen LogP contribution < -0.4 is 10.1 Å². The molecule has 1 atom stereocenters. The molecule has 1 aromatic heterocycles. The van der Waals surface area contributed by atoms with Crippen molar-refractivity contribution in [2.24, 2.45) is 7.05 Å². The standard InChI is InChI=1S/C15H19N3O3/c1-11(10-20-3)21-13-6-4-5-12(9-13)15(19)16-14-7-8-18(2)17-14/h4-9,11H,10H2,1-3H3,(H,16,17,19)/t11-/m0/s1. The summed E-state index contributed by atoms with van der Waals surface area (Å²) < 4.78 is 12.3. The fourth-order valence-corrected chi connectivity index (χ4v) is 1.88. The van der Waals surface area contributed by atoms with Crippen molar-refractivity contribution in [1.29, 1.82) is 0 Å². The monoisotopic (exact) mass is 289 g/mol. The summed E-state index contributed by atoms with van der Waals surface area (Å²) in [7, 11) is 3.41. The largest absolute Gasteiger partial charge is 0.488 e. The summed E-state index contributed by atoms with van der Waals surface area (Å²) in [5, 5.41) is 6.84. The number of methoxy groups -OCH3 is 1. The van der Waals surface area contributed by atoms with E-state index in [1.54, 1.807) is 49.3 Å². The van der Waals surface area contributed by atoms with Gasteiger partial charge in [0.2, 0.25) is 0 Å². The van der Waals surface area contributed by atoms with Crippen LogP contribution in [0.3, 0.4) is 0 Å². The maximum absolute atomic E-state index is 12.1. The highest BCUT2D eigenvalue weighted by atomic mass is 16.5. The number of rotatable bonds is 6. The van der Waals surface area contributed by atoms with Crippen LogP contribution in [0.5, 0.6) is 5.75 Å². The minimum Gasteiger partial charge on any atom is -0.488 e. The SMILES string of the molecule is COC[C@H](C)Oc1cccc(C(=O)Nc2ccn(C)n2)c1. The first-order valence-electron chi connectivity index (χ1n) is 6.65. The summed E-state index contributed by atoms with van der Waals surface area (Å²) in [4.78, 5) is 12.1. The molecule has 1 aromatic carbocycles. The van der Waals surface area contributed by atoms with Gasteiger partial charge < -0.3 is 14.8 Å². The van der Waals surface area contributed by atoms with Crippen molar-refractivity contribution in [2.75, 3.05) is 19.0 Å². The van der Waals surface area contributed by atoms with Crippen LogP contribution >= 0.6 is 0 Å².